The Morgan fingerprint density at radius 1 is 1.36 bits per heavy atom. The van der Waals surface area contributed by atoms with E-state index < -0.39 is 0 Å². The lowest BCUT2D eigenvalue weighted by atomic mass is 10.2. The molecule has 0 bridgehead atoms. The van der Waals surface area contributed by atoms with Gasteiger partial charge in [-0.3, -0.25) is 9.20 Å². The molecule has 3 N–H and O–H groups in total. The average Bonchev–Trinajstić information content (AvgIpc) is 3.31. The molecule has 1 aliphatic rings. The van der Waals surface area contributed by atoms with E-state index in [0.717, 1.165) is 36.5 Å². The molecule has 1 saturated heterocycles. The summed E-state index contributed by atoms with van der Waals surface area (Å²) in [6.07, 6.45) is 6.15. The first kappa shape index (κ1) is 15.5. The van der Waals surface area contributed by atoms with Crippen molar-refractivity contribution in [1.82, 2.24) is 30.2 Å². The van der Waals surface area contributed by atoms with E-state index in [-0.39, 0.29) is 11.9 Å². The Morgan fingerprint density at radius 2 is 2.32 bits per heavy atom. The third kappa shape index (κ3) is 3.58. The summed E-state index contributed by atoms with van der Waals surface area (Å²) in [7, 11) is 0. The van der Waals surface area contributed by atoms with Gasteiger partial charge in [0.05, 0.1) is 5.56 Å². The first-order chi connectivity index (χ1) is 12.3. The van der Waals surface area contributed by atoms with E-state index in [1.165, 1.54) is 0 Å². The Bertz CT molecular complexity index is 868. The van der Waals surface area contributed by atoms with Crippen LogP contribution in [-0.4, -0.2) is 44.6 Å². The minimum atomic E-state index is -0.0787. The van der Waals surface area contributed by atoms with Crippen molar-refractivity contribution in [3.05, 3.63) is 54.1 Å². The van der Waals surface area contributed by atoms with Crippen LogP contribution in [-0.2, 0) is 6.54 Å². The highest BCUT2D eigenvalue weighted by Gasteiger charge is 2.17. The number of amides is 1. The third-order valence-electron chi connectivity index (χ3n) is 4.26. The van der Waals surface area contributed by atoms with E-state index in [1.807, 2.05) is 28.8 Å². The largest absolute Gasteiger partial charge is 0.366 e. The van der Waals surface area contributed by atoms with E-state index in [1.54, 1.807) is 18.6 Å². The molecule has 8 heteroatoms. The molecule has 1 atom stereocenters. The van der Waals surface area contributed by atoms with Crippen LogP contribution < -0.4 is 16.0 Å². The number of rotatable bonds is 5. The van der Waals surface area contributed by atoms with Gasteiger partial charge in [0.15, 0.2) is 5.65 Å². The maximum atomic E-state index is 12.2. The predicted octanol–water partition coefficient (Wildman–Crippen LogP) is 0.828. The SMILES string of the molecule is O=C(NC1CCNC1)c1ccc(NCc2ccn3cnnc3c2)nc1. The first-order valence-corrected chi connectivity index (χ1v) is 8.28. The Labute approximate surface area is 144 Å². The van der Waals surface area contributed by atoms with Gasteiger partial charge in [-0.05, 0) is 42.8 Å². The molecule has 3 aromatic heterocycles. The van der Waals surface area contributed by atoms with Crippen molar-refractivity contribution in [3.63, 3.8) is 0 Å². The normalized spacial score (nSPS) is 16.9. The zero-order chi connectivity index (χ0) is 17.1. The van der Waals surface area contributed by atoms with Crippen LogP contribution in [0, 0.1) is 0 Å². The molecule has 0 aliphatic carbocycles. The van der Waals surface area contributed by atoms with Gasteiger partial charge < -0.3 is 16.0 Å². The van der Waals surface area contributed by atoms with E-state index in [0.29, 0.717) is 12.1 Å². The quantitative estimate of drug-likeness (QED) is 0.638. The molecule has 1 fully saturated rings. The fourth-order valence-electron chi connectivity index (χ4n) is 2.84. The molecule has 4 heterocycles. The molecule has 25 heavy (non-hydrogen) atoms. The zero-order valence-corrected chi connectivity index (χ0v) is 13.6. The van der Waals surface area contributed by atoms with E-state index in [4.69, 9.17) is 0 Å². The van der Waals surface area contributed by atoms with Gasteiger partial charge in [0.2, 0.25) is 0 Å². The molecule has 0 spiro atoms. The van der Waals surface area contributed by atoms with Crippen LogP contribution in [0.3, 0.4) is 0 Å². The van der Waals surface area contributed by atoms with Crippen molar-refractivity contribution in [2.75, 3.05) is 18.4 Å². The summed E-state index contributed by atoms with van der Waals surface area (Å²) in [6.45, 7) is 2.40. The molecule has 0 radical (unpaired) electrons. The fraction of sp³-hybridized carbons (Fsp3) is 0.294. The third-order valence-corrected chi connectivity index (χ3v) is 4.26. The molecule has 4 rings (SSSR count). The minimum absolute atomic E-state index is 0.0787. The second-order valence-corrected chi connectivity index (χ2v) is 6.08. The summed E-state index contributed by atoms with van der Waals surface area (Å²) < 4.78 is 1.86. The monoisotopic (exact) mass is 337 g/mol. The fourth-order valence-corrected chi connectivity index (χ4v) is 2.84. The topological polar surface area (TPSA) is 96.2 Å². The van der Waals surface area contributed by atoms with Crippen molar-refractivity contribution in [1.29, 1.82) is 0 Å². The van der Waals surface area contributed by atoms with Gasteiger partial charge in [-0.1, -0.05) is 0 Å². The number of nitrogens with one attached hydrogen (secondary N) is 3. The lowest BCUT2D eigenvalue weighted by molar-refractivity contribution is 0.0939. The van der Waals surface area contributed by atoms with Crippen LogP contribution in [0.15, 0.2) is 43.0 Å². The summed E-state index contributed by atoms with van der Waals surface area (Å²) in [4.78, 5) is 16.5. The number of anilines is 1. The Morgan fingerprint density at radius 3 is 3.12 bits per heavy atom. The van der Waals surface area contributed by atoms with Gasteiger partial charge in [0, 0.05) is 31.5 Å². The van der Waals surface area contributed by atoms with E-state index in [2.05, 4.69) is 31.1 Å². The number of aromatic nitrogens is 4. The van der Waals surface area contributed by atoms with Crippen LogP contribution in [0.25, 0.3) is 5.65 Å². The summed E-state index contributed by atoms with van der Waals surface area (Å²) in [6, 6.07) is 7.78. The van der Waals surface area contributed by atoms with Crippen molar-refractivity contribution < 1.29 is 4.79 Å². The van der Waals surface area contributed by atoms with Gasteiger partial charge in [-0.15, -0.1) is 10.2 Å². The zero-order valence-electron chi connectivity index (χ0n) is 13.6. The summed E-state index contributed by atoms with van der Waals surface area (Å²) in [5, 5.41) is 17.4. The second-order valence-electron chi connectivity index (χ2n) is 6.08. The molecule has 1 unspecified atom stereocenters. The molecule has 3 aromatic rings. The smallest absolute Gasteiger partial charge is 0.253 e. The Hall–Kier alpha value is -3.00. The number of carbonyl (C=O) groups is 1. The molecule has 0 aromatic carbocycles. The highest BCUT2D eigenvalue weighted by Crippen LogP contribution is 2.10. The highest BCUT2D eigenvalue weighted by molar-refractivity contribution is 5.94. The Balaban J connectivity index is 1.35. The van der Waals surface area contributed by atoms with Gasteiger partial charge in [0.1, 0.15) is 12.1 Å². The molecule has 8 nitrogen and oxygen atoms in total. The minimum Gasteiger partial charge on any atom is -0.366 e. The molecule has 1 aliphatic heterocycles. The maximum absolute atomic E-state index is 12.2. The number of nitrogens with zero attached hydrogens (tertiary/aromatic N) is 4. The summed E-state index contributed by atoms with van der Waals surface area (Å²) >= 11 is 0. The number of pyridine rings is 2. The lowest BCUT2D eigenvalue weighted by Gasteiger charge is -2.11. The van der Waals surface area contributed by atoms with Gasteiger partial charge in [-0.25, -0.2) is 4.98 Å². The van der Waals surface area contributed by atoms with Crippen LogP contribution >= 0.6 is 0 Å². The number of carbonyl (C=O) groups excluding carboxylic acids is 1. The number of hydrogen-bond donors (Lipinski definition) is 3. The molecular formula is C17H19N7O. The van der Waals surface area contributed by atoms with Crippen LogP contribution in [0.1, 0.15) is 22.3 Å². The maximum Gasteiger partial charge on any atom is 0.253 e. The average molecular weight is 337 g/mol. The Kier molecular flexibility index (Phi) is 4.26. The van der Waals surface area contributed by atoms with Crippen molar-refractivity contribution in [2.24, 2.45) is 0 Å². The first-order valence-electron chi connectivity index (χ1n) is 8.28. The van der Waals surface area contributed by atoms with E-state index in [9.17, 15) is 4.79 Å². The second kappa shape index (κ2) is 6.86. The number of hydrogen-bond acceptors (Lipinski definition) is 6. The predicted molar refractivity (Wildman–Crippen MR) is 93.3 cm³/mol. The molecular weight excluding hydrogens is 318 g/mol. The standard InChI is InChI=1S/C17H19N7O/c25-17(22-14-3-5-18-10-14)13-1-2-15(20-9-13)19-8-12-4-6-24-11-21-23-16(24)7-12/h1-2,4,6-7,9,11,14,18H,3,5,8,10H2,(H,19,20)(H,22,25). The van der Waals surface area contributed by atoms with Crippen LogP contribution in [0.2, 0.25) is 0 Å². The van der Waals surface area contributed by atoms with Crippen molar-refractivity contribution >= 4 is 17.4 Å². The van der Waals surface area contributed by atoms with E-state index >= 15 is 0 Å². The summed E-state index contributed by atoms with van der Waals surface area (Å²) in [5.74, 6) is 0.644. The van der Waals surface area contributed by atoms with Gasteiger partial charge >= 0.3 is 0 Å². The lowest BCUT2D eigenvalue weighted by Crippen LogP contribution is -2.36. The van der Waals surface area contributed by atoms with Crippen molar-refractivity contribution in [3.8, 4) is 0 Å². The van der Waals surface area contributed by atoms with Crippen LogP contribution in [0.4, 0.5) is 5.82 Å². The summed E-state index contributed by atoms with van der Waals surface area (Å²) in [5.41, 5.74) is 2.46. The highest BCUT2D eigenvalue weighted by atomic mass is 16.1. The van der Waals surface area contributed by atoms with Crippen molar-refractivity contribution in [2.45, 2.75) is 19.0 Å². The van der Waals surface area contributed by atoms with Crippen LogP contribution in [0.5, 0.6) is 0 Å². The molecule has 0 saturated carbocycles. The van der Waals surface area contributed by atoms with Gasteiger partial charge in [0.25, 0.3) is 5.91 Å². The number of fused-ring (bicyclic) bond motifs is 1. The molecule has 128 valence electrons. The van der Waals surface area contributed by atoms with Gasteiger partial charge in [-0.2, -0.15) is 0 Å². The molecule has 1 amide bonds.